The fourth-order valence-corrected chi connectivity index (χ4v) is 1.66. The lowest BCUT2D eigenvalue weighted by atomic mass is 10.2. The molecule has 12 heavy (non-hydrogen) atoms. The van der Waals surface area contributed by atoms with E-state index in [1.165, 1.54) is 0 Å². The van der Waals surface area contributed by atoms with Crippen LogP contribution in [0.15, 0.2) is 22.8 Å². The molecule has 0 amide bonds. The van der Waals surface area contributed by atoms with Gasteiger partial charge in [-0.05, 0) is 12.1 Å². The molecule has 0 bridgehead atoms. The smallest absolute Gasteiger partial charge is 0.144 e. The number of halogens is 1. The van der Waals surface area contributed by atoms with E-state index < -0.39 is 0 Å². The first-order valence-corrected chi connectivity index (χ1v) is 4.28. The molecule has 0 aliphatic rings. The Morgan fingerprint density at radius 3 is 3.00 bits per heavy atom. The van der Waals surface area contributed by atoms with E-state index in [1.807, 2.05) is 19.3 Å². The summed E-state index contributed by atoms with van der Waals surface area (Å²) >= 11 is 3.30. The highest BCUT2D eigenvalue weighted by Gasteiger charge is 2.04. The minimum Gasteiger partial charge on any atom is -0.506 e. The lowest BCUT2D eigenvalue weighted by Gasteiger charge is -1.93. The molecule has 0 aliphatic heterocycles. The number of phenolic OH excluding ortho intramolecular Hbond substituents is 1. The third-order valence-corrected chi connectivity index (χ3v) is 2.13. The van der Waals surface area contributed by atoms with Crippen molar-refractivity contribution in [2.75, 3.05) is 0 Å². The van der Waals surface area contributed by atoms with Crippen molar-refractivity contribution < 1.29 is 5.11 Å². The Labute approximate surface area is 77.7 Å². The normalized spacial score (nSPS) is 10.8. The lowest BCUT2D eigenvalue weighted by Crippen LogP contribution is -1.84. The second-order valence-corrected chi connectivity index (χ2v) is 3.58. The molecule has 1 aromatic heterocycles. The molecule has 0 aliphatic carbocycles. The highest BCUT2D eigenvalue weighted by Crippen LogP contribution is 2.27. The van der Waals surface area contributed by atoms with Gasteiger partial charge >= 0.3 is 0 Å². The Bertz CT molecular complexity index is 436. The molecule has 0 fully saturated rings. The van der Waals surface area contributed by atoms with Crippen molar-refractivity contribution in [2.24, 2.45) is 7.05 Å². The lowest BCUT2D eigenvalue weighted by molar-refractivity contribution is 0.479. The van der Waals surface area contributed by atoms with Crippen LogP contribution in [0.5, 0.6) is 5.75 Å². The SMILES string of the molecule is Cn1cc2cc(Br)cc(O)c2n1. The third kappa shape index (κ3) is 1.08. The first-order chi connectivity index (χ1) is 5.66. The van der Waals surface area contributed by atoms with E-state index in [0.717, 1.165) is 9.86 Å². The van der Waals surface area contributed by atoms with E-state index in [4.69, 9.17) is 0 Å². The molecule has 1 aromatic carbocycles. The Kier molecular flexibility index (Phi) is 1.58. The van der Waals surface area contributed by atoms with E-state index in [2.05, 4.69) is 21.0 Å². The molecule has 2 aromatic rings. The molecule has 0 saturated carbocycles. The van der Waals surface area contributed by atoms with Gasteiger partial charge in [-0.1, -0.05) is 15.9 Å². The summed E-state index contributed by atoms with van der Waals surface area (Å²) in [4.78, 5) is 0. The summed E-state index contributed by atoms with van der Waals surface area (Å²) in [7, 11) is 1.83. The summed E-state index contributed by atoms with van der Waals surface area (Å²) in [5, 5.41) is 14.5. The van der Waals surface area contributed by atoms with Crippen LogP contribution in [-0.4, -0.2) is 14.9 Å². The number of aryl methyl sites for hydroxylation is 1. The highest BCUT2D eigenvalue weighted by molar-refractivity contribution is 9.10. The third-order valence-electron chi connectivity index (χ3n) is 1.67. The number of benzene rings is 1. The van der Waals surface area contributed by atoms with Gasteiger partial charge in [-0.3, -0.25) is 4.68 Å². The maximum absolute atomic E-state index is 9.46. The number of rotatable bonds is 0. The molecule has 0 unspecified atom stereocenters. The largest absolute Gasteiger partial charge is 0.506 e. The zero-order valence-electron chi connectivity index (χ0n) is 6.45. The molecule has 62 valence electrons. The van der Waals surface area contributed by atoms with Crippen LogP contribution in [0.3, 0.4) is 0 Å². The summed E-state index contributed by atoms with van der Waals surface area (Å²) in [5.41, 5.74) is 0.640. The highest BCUT2D eigenvalue weighted by atomic mass is 79.9. The fourth-order valence-electron chi connectivity index (χ4n) is 1.20. The zero-order chi connectivity index (χ0) is 8.72. The number of nitrogens with zero attached hydrogens (tertiary/aromatic N) is 2. The number of fused-ring (bicyclic) bond motifs is 1. The van der Waals surface area contributed by atoms with Crippen molar-refractivity contribution >= 4 is 26.8 Å². The fraction of sp³-hybridized carbons (Fsp3) is 0.125. The van der Waals surface area contributed by atoms with E-state index in [0.29, 0.717) is 5.52 Å². The van der Waals surface area contributed by atoms with Crippen LogP contribution in [0.1, 0.15) is 0 Å². The average Bonchev–Trinajstić information content (AvgIpc) is 2.29. The van der Waals surface area contributed by atoms with Crippen LogP contribution in [0.2, 0.25) is 0 Å². The van der Waals surface area contributed by atoms with E-state index in [1.54, 1.807) is 10.7 Å². The van der Waals surface area contributed by atoms with Crippen LogP contribution in [0.4, 0.5) is 0 Å². The molecule has 2 rings (SSSR count). The molecule has 0 atom stereocenters. The van der Waals surface area contributed by atoms with Crippen LogP contribution >= 0.6 is 15.9 Å². The van der Waals surface area contributed by atoms with Gasteiger partial charge < -0.3 is 5.11 Å². The molecule has 0 saturated heterocycles. The van der Waals surface area contributed by atoms with Crippen molar-refractivity contribution in [2.45, 2.75) is 0 Å². The van der Waals surface area contributed by atoms with Crippen LogP contribution < -0.4 is 0 Å². The van der Waals surface area contributed by atoms with Crippen molar-refractivity contribution in [3.05, 3.63) is 22.8 Å². The average molecular weight is 227 g/mol. The number of aromatic nitrogens is 2. The standard InChI is InChI=1S/C8H7BrN2O/c1-11-4-5-2-6(9)3-7(12)8(5)10-11/h2-4,12H,1H3. The van der Waals surface area contributed by atoms with Crippen molar-refractivity contribution in [1.29, 1.82) is 0 Å². The van der Waals surface area contributed by atoms with Gasteiger partial charge in [-0.25, -0.2) is 0 Å². The molecule has 0 radical (unpaired) electrons. The van der Waals surface area contributed by atoms with Gasteiger partial charge in [0.1, 0.15) is 11.3 Å². The van der Waals surface area contributed by atoms with Crippen LogP contribution in [0, 0.1) is 0 Å². The minimum absolute atomic E-state index is 0.208. The molecule has 1 heterocycles. The predicted octanol–water partition coefficient (Wildman–Crippen LogP) is 2.04. The van der Waals surface area contributed by atoms with Crippen molar-refractivity contribution in [3.8, 4) is 5.75 Å². The maximum Gasteiger partial charge on any atom is 0.144 e. The summed E-state index contributed by atoms with van der Waals surface area (Å²) in [5.74, 6) is 0.208. The molecule has 0 spiro atoms. The summed E-state index contributed by atoms with van der Waals surface area (Å²) in [6, 6.07) is 3.55. The van der Waals surface area contributed by atoms with Gasteiger partial charge in [-0.15, -0.1) is 0 Å². The Hall–Kier alpha value is -1.03. The number of phenols is 1. The van der Waals surface area contributed by atoms with Crippen molar-refractivity contribution in [3.63, 3.8) is 0 Å². The van der Waals surface area contributed by atoms with Gasteiger partial charge in [0.05, 0.1) is 0 Å². The van der Waals surface area contributed by atoms with Crippen molar-refractivity contribution in [1.82, 2.24) is 9.78 Å². The molecular weight excluding hydrogens is 220 g/mol. The van der Waals surface area contributed by atoms with Crippen LogP contribution in [0.25, 0.3) is 10.9 Å². The Morgan fingerprint density at radius 2 is 2.25 bits per heavy atom. The van der Waals surface area contributed by atoms with E-state index in [9.17, 15) is 5.11 Å². The predicted molar refractivity (Wildman–Crippen MR) is 50.1 cm³/mol. The van der Waals surface area contributed by atoms with Gasteiger partial charge in [0, 0.05) is 23.1 Å². The Morgan fingerprint density at radius 1 is 1.50 bits per heavy atom. The molecule has 3 nitrogen and oxygen atoms in total. The number of aromatic hydroxyl groups is 1. The second-order valence-electron chi connectivity index (χ2n) is 2.67. The summed E-state index contributed by atoms with van der Waals surface area (Å²) in [6.45, 7) is 0. The Balaban J connectivity index is 2.88. The van der Waals surface area contributed by atoms with Gasteiger partial charge in [0.25, 0.3) is 0 Å². The van der Waals surface area contributed by atoms with Gasteiger partial charge in [0.2, 0.25) is 0 Å². The topological polar surface area (TPSA) is 38.0 Å². The molecule has 4 heteroatoms. The van der Waals surface area contributed by atoms with Gasteiger partial charge in [-0.2, -0.15) is 5.10 Å². The van der Waals surface area contributed by atoms with Gasteiger partial charge in [0.15, 0.2) is 0 Å². The number of hydrogen-bond donors (Lipinski definition) is 1. The number of hydrogen-bond acceptors (Lipinski definition) is 2. The summed E-state index contributed by atoms with van der Waals surface area (Å²) in [6.07, 6.45) is 1.86. The minimum atomic E-state index is 0.208. The summed E-state index contributed by atoms with van der Waals surface area (Å²) < 4.78 is 2.54. The molecule has 1 N–H and O–H groups in total. The quantitative estimate of drug-likeness (QED) is 0.747. The van der Waals surface area contributed by atoms with Crippen LogP contribution in [-0.2, 0) is 7.05 Å². The first-order valence-electron chi connectivity index (χ1n) is 3.48. The zero-order valence-corrected chi connectivity index (χ0v) is 8.04. The first kappa shape index (κ1) is 7.61. The van der Waals surface area contributed by atoms with E-state index in [-0.39, 0.29) is 5.75 Å². The van der Waals surface area contributed by atoms with E-state index >= 15 is 0 Å². The molecular formula is C8H7BrN2O. The second kappa shape index (κ2) is 2.48. The maximum atomic E-state index is 9.46. The monoisotopic (exact) mass is 226 g/mol.